The summed E-state index contributed by atoms with van der Waals surface area (Å²) >= 11 is 0. The average molecular weight is 433 g/mol. The van der Waals surface area contributed by atoms with Crippen LogP contribution in [0.1, 0.15) is 10.4 Å². The van der Waals surface area contributed by atoms with Gasteiger partial charge in [-0.25, -0.2) is 26.9 Å². The molecular formula is C19H17F2N5O3S. The molecule has 1 amide bonds. The van der Waals surface area contributed by atoms with E-state index in [0.717, 1.165) is 22.1 Å². The van der Waals surface area contributed by atoms with Crippen molar-refractivity contribution in [3.8, 4) is 5.69 Å². The van der Waals surface area contributed by atoms with Crippen LogP contribution in [-0.2, 0) is 10.0 Å². The van der Waals surface area contributed by atoms with Gasteiger partial charge in [0.25, 0.3) is 5.91 Å². The molecule has 1 aliphatic rings. The Morgan fingerprint density at radius 1 is 0.933 bits per heavy atom. The van der Waals surface area contributed by atoms with Crippen molar-refractivity contribution in [1.82, 2.24) is 24.0 Å². The first-order valence-corrected chi connectivity index (χ1v) is 10.5. The molecule has 4 rings (SSSR count). The van der Waals surface area contributed by atoms with E-state index in [-0.39, 0.29) is 37.0 Å². The maximum atomic E-state index is 13.4. The Morgan fingerprint density at radius 3 is 2.23 bits per heavy atom. The summed E-state index contributed by atoms with van der Waals surface area (Å²) in [5.41, 5.74) is 1.22. The third-order valence-corrected chi connectivity index (χ3v) is 6.75. The van der Waals surface area contributed by atoms with Crippen LogP contribution in [-0.4, -0.2) is 64.5 Å². The number of hydrogen-bond donors (Lipinski definition) is 0. The summed E-state index contributed by atoms with van der Waals surface area (Å²) in [4.78, 5) is 17.9. The first-order chi connectivity index (χ1) is 14.4. The van der Waals surface area contributed by atoms with Crippen LogP contribution in [0.15, 0.2) is 60.0 Å². The molecule has 0 radical (unpaired) electrons. The molecule has 1 fully saturated rings. The van der Waals surface area contributed by atoms with E-state index in [1.807, 2.05) is 0 Å². The molecule has 8 nitrogen and oxygen atoms in total. The van der Waals surface area contributed by atoms with Gasteiger partial charge in [0.15, 0.2) is 11.6 Å². The molecule has 0 saturated carbocycles. The number of aromatic nitrogens is 3. The quantitative estimate of drug-likeness (QED) is 0.625. The van der Waals surface area contributed by atoms with Crippen LogP contribution in [0.2, 0.25) is 0 Å². The summed E-state index contributed by atoms with van der Waals surface area (Å²) < 4.78 is 54.6. The lowest BCUT2D eigenvalue weighted by Gasteiger charge is -2.34. The molecule has 0 atom stereocenters. The fourth-order valence-corrected chi connectivity index (χ4v) is 4.63. The SMILES string of the molecule is O=C(c1ccc(-n2cncn2)cc1)N1CCN(S(=O)(=O)c2ccc(F)c(F)c2)CC1. The van der Waals surface area contributed by atoms with E-state index < -0.39 is 21.7 Å². The van der Waals surface area contributed by atoms with Crippen molar-refractivity contribution in [2.24, 2.45) is 0 Å². The van der Waals surface area contributed by atoms with Crippen LogP contribution in [0.5, 0.6) is 0 Å². The van der Waals surface area contributed by atoms with Crippen LogP contribution in [0, 0.1) is 11.6 Å². The normalized spacial score (nSPS) is 15.3. The van der Waals surface area contributed by atoms with Crippen molar-refractivity contribution in [2.75, 3.05) is 26.2 Å². The van der Waals surface area contributed by atoms with Gasteiger partial charge in [0.05, 0.1) is 10.6 Å². The van der Waals surface area contributed by atoms with E-state index in [2.05, 4.69) is 10.1 Å². The molecule has 2 heterocycles. The Bertz CT molecular complexity index is 1160. The van der Waals surface area contributed by atoms with Gasteiger partial charge >= 0.3 is 0 Å². The summed E-state index contributed by atoms with van der Waals surface area (Å²) in [6.07, 6.45) is 2.95. The maximum Gasteiger partial charge on any atom is 0.253 e. The number of halogens is 2. The lowest BCUT2D eigenvalue weighted by molar-refractivity contribution is 0.0698. The summed E-state index contributed by atoms with van der Waals surface area (Å²) in [7, 11) is -3.97. The Balaban J connectivity index is 1.42. The Hall–Kier alpha value is -3.18. The molecule has 3 aromatic rings. The van der Waals surface area contributed by atoms with E-state index in [1.54, 1.807) is 40.2 Å². The summed E-state index contributed by atoms with van der Waals surface area (Å²) in [6, 6.07) is 9.30. The second-order valence-corrected chi connectivity index (χ2v) is 8.60. The molecule has 0 aliphatic carbocycles. The molecule has 0 N–H and O–H groups in total. The smallest absolute Gasteiger partial charge is 0.253 e. The predicted molar refractivity (Wildman–Crippen MR) is 102 cm³/mol. The van der Waals surface area contributed by atoms with Crippen molar-refractivity contribution in [1.29, 1.82) is 0 Å². The first-order valence-electron chi connectivity index (χ1n) is 9.06. The number of benzene rings is 2. The number of nitrogens with zero attached hydrogens (tertiary/aromatic N) is 5. The zero-order valence-corrected chi connectivity index (χ0v) is 16.5. The summed E-state index contributed by atoms with van der Waals surface area (Å²) in [5.74, 6) is -2.55. The number of carbonyl (C=O) groups excluding carboxylic acids is 1. The van der Waals surface area contributed by atoms with Gasteiger partial charge in [-0.15, -0.1) is 0 Å². The van der Waals surface area contributed by atoms with E-state index >= 15 is 0 Å². The number of amides is 1. The van der Waals surface area contributed by atoms with Crippen LogP contribution in [0.4, 0.5) is 8.78 Å². The van der Waals surface area contributed by atoms with Crippen molar-refractivity contribution in [3.63, 3.8) is 0 Å². The standard InChI is InChI=1S/C19H17F2N5O3S/c20-17-6-5-16(11-18(17)21)30(28,29)25-9-7-24(8-10-25)19(27)14-1-3-15(4-2-14)26-13-22-12-23-26/h1-6,11-13H,7-10H2. The van der Waals surface area contributed by atoms with Crippen LogP contribution in [0.25, 0.3) is 5.69 Å². The lowest BCUT2D eigenvalue weighted by Crippen LogP contribution is -2.50. The summed E-state index contributed by atoms with van der Waals surface area (Å²) in [5, 5.41) is 4.02. The second-order valence-electron chi connectivity index (χ2n) is 6.66. The Labute approximate surface area is 171 Å². The second kappa shape index (κ2) is 7.92. The fraction of sp³-hybridized carbons (Fsp3) is 0.211. The highest BCUT2D eigenvalue weighted by Crippen LogP contribution is 2.21. The fourth-order valence-electron chi connectivity index (χ4n) is 3.20. The number of hydrogen-bond acceptors (Lipinski definition) is 5. The lowest BCUT2D eigenvalue weighted by atomic mass is 10.1. The minimum absolute atomic E-state index is 0.0596. The third-order valence-electron chi connectivity index (χ3n) is 4.85. The van der Waals surface area contributed by atoms with E-state index in [4.69, 9.17) is 0 Å². The van der Waals surface area contributed by atoms with Gasteiger partial charge < -0.3 is 4.90 Å². The van der Waals surface area contributed by atoms with Gasteiger partial charge in [-0.2, -0.15) is 9.40 Å². The zero-order chi connectivity index (χ0) is 21.3. The number of piperazine rings is 1. The molecule has 1 aliphatic heterocycles. The number of sulfonamides is 1. The van der Waals surface area contributed by atoms with Gasteiger partial charge in [0.1, 0.15) is 12.7 Å². The molecule has 156 valence electrons. The maximum absolute atomic E-state index is 13.4. The average Bonchev–Trinajstić information content (AvgIpc) is 3.30. The van der Waals surface area contributed by atoms with E-state index in [9.17, 15) is 22.0 Å². The molecule has 0 bridgehead atoms. The molecule has 0 spiro atoms. The van der Waals surface area contributed by atoms with Gasteiger partial charge in [0, 0.05) is 31.7 Å². The number of rotatable bonds is 4. The van der Waals surface area contributed by atoms with Crippen LogP contribution in [0.3, 0.4) is 0 Å². The number of carbonyl (C=O) groups is 1. The van der Waals surface area contributed by atoms with E-state index in [0.29, 0.717) is 11.6 Å². The minimum Gasteiger partial charge on any atom is -0.336 e. The molecule has 1 saturated heterocycles. The topological polar surface area (TPSA) is 88.4 Å². The molecule has 11 heteroatoms. The van der Waals surface area contributed by atoms with Crippen molar-refractivity contribution in [3.05, 3.63) is 72.3 Å². The van der Waals surface area contributed by atoms with Gasteiger partial charge in [-0.3, -0.25) is 4.79 Å². The van der Waals surface area contributed by atoms with Crippen molar-refractivity contribution in [2.45, 2.75) is 4.90 Å². The van der Waals surface area contributed by atoms with Crippen molar-refractivity contribution < 1.29 is 22.0 Å². The minimum atomic E-state index is -3.97. The van der Waals surface area contributed by atoms with Gasteiger partial charge in [0.2, 0.25) is 10.0 Å². The van der Waals surface area contributed by atoms with Gasteiger partial charge in [-0.1, -0.05) is 0 Å². The third kappa shape index (κ3) is 3.81. The molecular weight excluding hydrogens is 416 g/mol. The summed E-state index contributed by atoms with van der Waals surface area (Å²) in [6.45, 7) is 0.493. The monoisotopic (exact) mass is 433 g/mol. The predicted octanol–water partition coefficient (Wildman–Crippen LogP) is 1.69. The molecule has 2 aromatic carbocycles. The zero-order valence-electron chi connectivity index (χ0n) is 15.6. The van der Waals surface area contributed by atoms with Gasteiger partial charge in [-0.05, 0) is 42.5 Å². The molecule has 1 aromatic heterocycles. The molecule has 0 unspecified atom stereocenters. The molecule has 30 heavy (non-hydrogen) atoms. The largest absolute Gasteiger partial charge is 0.336 e. The highest BCUT2D eigenvalue weighted by Gasteiger charge is 2.31. The Kier molecular flexibility index (Phi) is 5.31. The first kappa shape index (κ1) is 20.1. The highest BCUT2D eigenvalue weighted by molar-refractivity contribution is 7.89. The van der Waals surface area contributed by atoms with E-state index in [1.165, 1.54) is 6.33 Å². The van der Waals surface area contributed by atoms with Crippen molar-refractivity contribution >= 4 is 15.9 Å². The van der Waals surface area contributed by atoms with Crippen LogP contribution < -0.4 is 0 Å². The Morgan fingerprint density at radius 2 is 1.63 bits per heavy atom. The van der Waals surface area contributed by atoms with Crippen LogP contribution >= 0.6 is 0 Å². The highest BCUT2D eigenvalue weighted by atomic mass is 32.2.